The number of aromatic nitrogens is 1. The Morgan fingerprint density at radius 3 is 2.47 bits per heavy atom. The smallest absolute Gasteiger partial charge is 0.421 e. The van der Waals surface area contributed by atoms with Crippen LogP contribution >= 0.6 is 0 Å². The Kier molecular flexibility index (Phi) is 5.67. The van der Waals surface area contributed by atoms with Crippen molar-refractivity contribution in [3.05, 3.63) is 52.1 Å². The number of nitrogens with zero attached hydrogens (tertiary/aromatic N) is 1. The second-order valence-corrected chi connectivity index (χ2v) is 8.22. The lowest BCUT2D eigenvalue weighted by atomic mass is 9.92. The molecule has 0 bridgehead atoms. The number of fused-ring (bicyclic) bond motifs is 3. The van der Waals surface area contributed by atoms with E-state index in [0.717, 1.165) is 18.6 Å². The normalized spacial score (nSPS) is 16.8. The van der Waals surface area contributed by atoms with Crippen LogP contribution in [0.25, 0.3) is 21.7 Å². The fraction of sp³-hybridized carbons (Fsp3) is 0.435. The second-order valence-electron chi connectivity index (χ2n) is 8.22. The molecule has 1 aliphatic heterocycles. The van der Waals surface area contributed by atoms with Crippen molar-refractivity contribution in [1.29, 1.82) is 0 Å². The second kappa shape index (κ2) is 8.04. The van der Waals surface area contributed by atoms with Crippen LogP contribution in [-0.2, 0) is 16.9 Å². The van der Waals surface area contributed by atoms with Gasteiger partial charge in [0.15, 0.2) is 17.2 Å². The van der Waals surface area contributed by atoms with Gasteiger partial charge in [0.05, 0.1) is 24.1 Å². The molecule has 0 amide bonds. The van der Waals surface area contributed by atoms with Crippen LogP contribution in [0.3, 0.4) is 0 Å². The number of benzene rings is 2. The van der Waals surface area contributed by atoms with E-state index in [4.69, 9.17) is 9.47 Å². The summed E-state index contributed by atoms with van der Waals surface area (Å²) in [6.07, 6.45) is -3.79. The molecule has 1 aromatic heterocycles. The van der Waals surface area contributed by atoms with Crippen molar-refractivity contribution >= 4 is 21.7 Å². The van der Waals surface area contributed by atoms with Gasteiger partial charge in [-0.2, -0.15) is 13.2 Å². The van der Waals surface area contributed by atoms with Gasteiger partial charge in [0.2, 0.25) is 0 Å². The molecule has 0 saturated carbocycles. The maximum atomic E-state index is 14.7. The predicted octanol–water partition coefficient (Wildman–Crippen LogP) is 4.64. The first-order valence-electron chi connectivity index (χ1n) is 10.4. The Morgan fingerprint density at radius 1 is 1.16 bits per heavy atom. The molecule has 5 nitrogen and oxygen atoms in total. The molecule has 32 heavy (non-hydrogen) atoms. The third-order valence-corrected chi connectivity index (χ3v) is 5.88. The fourth-order valence-corrected chi connectivity index (χ4v) is 3.75. The number of halogens is 4. The third kappa shape index (κ3) is 3.73. The van der Waals surface area contributed by atoms with Crippen molar-refractivity contribution < 1.29 is 32.1 Å². The topological polar surface area (TPSA) is 60.7 Å². The summed E-state index contributed by atoms with van der Waals surface area (Å²) >= 11 is 0. The van der Waals surface area contributed by atoms with E-state index in [9.17, 15) is 27.5 Å². The van der Waals surface area contributed by atoms with E-state index in [0.29, 0.717) is 44.0 Å². The summed E-state index contributed by atoms with van der Waals surface area (Å²) < 4.78 is 67.2. The van der Waals surface area contributed by atoms with Crippen LogP contribution in [-0.4, -0.2) is 35.2 Å². The highest BCUT2D eigenvalue weighted by atomic mass is 19.4. The Hall–Kier alpha value is -2.65. The van der Waals surface area contributed by atoms with E-state index in [1.54, 1.807) is 0 Å². The van der Waals surface area contributed by atoms with E-state index in [-0.39, 0.29) is 28.2 Å². The van der Waals surface area contributed by atoms with E-state index in [1.165, 1.54) is 22.8 Å². The van der Waals surface area contributed by atoms with Crippen LogP contribution < -0.4 is 10.3 Å². The summed E-state index contributed by atoms with van der Waals surface area (Å²) in [4.78, 5) is 13.1. The van der Waals surface area contributed by atoms with Gasteiger partial charge < -0.3 is 19.1 Å². The van der Waals surface area contributed by atoms with Gasteiger partial charge in [-0.3, -0.25) is 4.79 Å². The van der Waals surface area contributed by atoms with Crippen LogP contribution in [0.2, 0.25) is 0 Å². The van der Waals surface area contributed by atoms with Crippen LogP contribution in [0.4, 0.5) is 17.6 Å². The standard InChI is InChI=1S/C23H23F4NO4/c1-3-4-7-28-19-6-5-13(22(2,30)23(25,26)27)8-16(19)15-10-20(32-14-11-31-12-14)18(24)9-17(15)21(28)29/h5-6,8-10,14,30H,3-4,7,11-12H2,1-2H3. The largest absolute Gasteiger partial charge is 0.483 e. The van der Waals surface area contributed by atoms with E-state index in [2.05, 4.69) is 0 Å². The lowest BCUT2D eigenvalue weighted by Crippen LogP contribution is -2.39. The maximum Gasteiger partial charge on any atom is 0.421 e. The molecule has 0 radical (unpaired) electrons. The van der Waals surface area contributed by atoms with Crippen LogP contribution in [0.5, 0.6) is 5.75 Å². The molecule has 0 spiro atoms. The summed E-state index contributed by atoms with van der Waals surface area (Å²) in [5.74, 6) is -0.841. The first-order chi connectivity index (χ1) is 15.0. The molecule has 2 heterocycles. The van der Waals surface area contributed by atoms with Gasteiger partial charge in [0, 0.05) is 17.3 Å². The molecule has 1 saturated heterocycles. The number of ether oxygens (including phenoxy) is 2. The number of rotatable bonds is 6. The number of unbranched alkanes of at least 4 members (excludes halogenated alkanes) is 1. The number of hydrogen-bond acceptors (Lipinski definition) is 4. The summed E-state index contributed by atoms with van der Waals surface area (Å²) in [5, 5.41) is 10.8. The van der Waals surface area contributed by atoms with Crippen molar-refractivity contribution in [2.45, 2.75) is 51.1 Å². The molecule has 0 aliphatic carbocycles. The molecule has 172 valence electrons. The number of hydrogen-bond donors (Lipinski definition) is 1. The minimum Gasteiger partial charge on any atom is -0.483 e. The molecular formula is C23H23F4NO4. The minimum absolute atomic E-state index is 0.0344. The summed E-state index contributed by atoms with van der Waals surface area (Å²) in [5.41, 5.74) is -3.50. The molecular weight excluding hydrogens is 430 g/mol. The average molecular weight is 453 g/mol. The highest BCUT2D eigenvalue weighted by molar-refractivity contribution is 6.06. The van der Waals surface area contributed by atoms with Gasteiger partial charge in [-0.05, 0) is 43.2 Å². The van der Waals surface area contributed by atoms with E-state index >= 15 is 0 Å². The number of pyridine rings is 1. The van der Waals surface area contributed by atoms with Crippen LogP contribution in [0, 0.1) is 5.82 Å². The van der Waals surface area contributed by atoms with Gasteiger partial charge in [0.1, 0.15) is 6.10 Å². The van der Waals surface area contributed by atoms with Crippen molar-refractivity contribution in [3.8, 4) is 5.75 Å². The first-order valence-corrected chi connectivity index (χ1v) is 10.4. The van der Waals surface area contributed by atoms with Gasteiger partial charge in [-0.1, -0.05) is 19.4 Å². The first kappa shape index (κ1) is 22.5. The monoisotopic (exact) mass is 453 g/mol. The third-order valence-electron chi connectivity index (χ3n) is 5.88. The fourth-order valence-electron chi connectivity index (χ4n) is 3.75. The van der Waals surface area contributed by atoms with Gasteiger partial charge in [-0.15, -0.1) is 0 Å². The number of aliphatic hydroxyl groups is 1. The zero-order valence-electron chi connectivity index (χ0n) is 17.6. The zero-order chi connectivity index (χ0) is 23.3. The van der Waals surface area contributed by atoms with Crippen LogP contribution in [0.15, 0.2) is 35.1 Å². The Labute approximate surface area is 181 Å². The average Bonchev–Trinajstić information content (AvgIpc) is 2.70. The summed E-state index contributed by atoms with van der Waals surface area (Å²) in [7, 11) is 0. The summed E-state index contributed by atoms with van der Waals surface area (Å²) in [6, 6.07) is 6.16. The zero-order valence-corrected chi connectivity index (χ0v) is 17.6. The quantitative estimate of drug-likeness (QED) is 0.436. The van der Waals surface area contributed by atoms with Crippen LogP contribution in [0.1, 0.15) is 32.3 Å². The van der Waals surface area contributed by atoms with E-state index < -0.39 is 23.2 Å². The molecule has 4 rings (SSSR count). The molecule has 1 N–H and O–H groups in total. The van der Waals surface area contributed by atoms with Gasteiger partial charge in [-0.25, -0.2) is 4.39 Å². The van der Waals surface area contributed by atoms with Gasteiger partial charge >= 0.3 is 6.18 Å². The molecule has 3 aromatic rings. The highest BCUT2D eigenvalue weighted by Gasteiger charge is 2.51. The van der Waals surface area contributed by atoms with E-state index in [1.807, 2.05) is 6.92 Å². The Balaban J connectivity index is 2.01. The van der Waals surface area contributed by atoms with Crippen molar-refractivity contribution in [3.63, 3.8) is 0 Å². The van der Waals surface area contributed by atoms with Crippen molar-refractivity contribution in [2.24, 2.45) is 0 Å². The molecule has 2 aromatic carbocycles. The molecule has 9 heteroatoms. The molecule has 1 aliphatic rings. The highest BCUT2D eigenvalue weighted by Crippen LogP contribution is 2.40. The lowest BCUT2D eigenvalue weighted by molar-refractivity contribution is -0.258. The predicted molar refractivity (Wildman–Crippen MR) is 111 cm³/mol. The SMILES string of the molecule is CCCCn1c(=O)c2cc(F)c(OC3COC3)cc2c2cc(C(C)(O)C(F)(F)F)ccc21. The Morgan fingerprint density at radius 2 is 1.88 bits per heavy atom. The minimum atomic E-state index is -4.91. The van der Waals surface area contributed by atoms with Gasteiger partial charge in [0.25, 0.3) is 5.56 Å². The van der Waals surface area contributed by atoms with Crippen molar-refractivity contribution in [2.75, 3.05) is 13.2 Å². The molecule has 1 atom stereocenters. The van der Waals surface area contributed by atoms with Crippen molar-refractivity contribution in [1.82, 2.24) is 4.57 Å². The molecule has 1 fully saturated rings. The Bertz CT molecular complexity index is 1230. The number of aryl methyl sites for hydroxylation is 1. The number of alkyl halides is 3. The maximum absolute atomic E-state index is 14.7. The lowest BCUT2D eigenvalue weighted by Gasteiger charge is -2.28. The summed E-state index contributed by atoms with van der Waals surface area (Å²) in [6.45, 7) is 3.55. The molecule has 1 unspecified atom stereocenters.